The molecule has 0 aliphatic heterocycles. The first-order valence-corrected chi connectivity index (χ1v) is 23.0. The molecule has 17 nitrogen and oxygen atoms in total. The first-order valence-electron chi connectivity index (χ1n) is 23.0. The first-order chi connectivity index (χ1) is 33.9. The molecule has 0 spiro atoms. The maximum Gasteiger partial charge on any atom is 0.251 e. The van der Waals surface area contributed by atoms with Gasteiger partial charge in [-0.05, 0) is 103 Å². The SMILES string of the molecule is CCc1c(-c2ccc(NC(=O)CCOCCOC/C(N)=C/NCCNC(=O)c3cccc(-c4nc(NC(=O)C5(c6ccc(OC)c(OC)c6)CC5)ccc4C)c3)nc2)cnc(N)c1-c1ccc(O)cc1. The predicted octanol–water partition coefficient (Wildman–Crippen LogP) is 6.90. The van der Waals surface area contributed by atoms with Gasteiger partial charge in [0.2, 0.25) is 11.8 Å². The Labute approximate surface area is 407 Å². The van der Waals surface area contributed by atoms with E-state index in [1.807, 2.05) is 62.4 Å². The summed E-state index contributed by atoms with van der Waals surface area (Å²) in [6.45, 7) is 5.64. The molecule has 1 aliphatic carbocycles. The average Bonchev–Trinajstić information content (AvgIpc) is 4.19. The van der Waals surface area contributed by atoms with Gasteiger partial charge in [0.05, 0.1) is 63.9 Å². The monoisotopic (exact) mass is 949 g/mol. The van der Waals surface area contributed by atoms with Crippen molar-refractivity contribution < 1.29 is 38.4 Å². The molecule has 364 valence electrons. The van der Waals surface area contributed by atoms with Crippen molar-refractivity contribution in [1.29, 1.82) is 0 Å². The third kappa shape index (κ3) is 12.3. The second-order valence-electron chi connectivity index (χ2n) is 16.7. The predicted molar refractivity (Wildman–Crippen MR) is 269 cm³/mol. The van der Waals surface area contributed by atoms with Gasteiger partial charge >= 0.3 is 0 Å². The quantitative estimate of drug-likeness (QED) is 0.0323. The summed E-state index contributed by atoms with van der Waals surface area (Å²) >= 11 is 0. The van der Waals surface area contributed by atoms with Crippen LogP contribution in [0.5, 0.6) is 17.2 Å². The minimum Gasteiger partial charge on any atom is -0.508 e. The molecule has 3 aromatic heterocycles. The van der Waals surface area contributed by atoms with Gasteiger partial charge in [-0.15, -0.1) is 0 Å². The molecule has 0 radical (unpaired) electrons. The number of aromatic hydroxyl groups is 1. The summed E-state index contributed by atoms with van der Waals surface area (Å²) in [4.78, 5) is 53.0. The second-order valence-corrected chi connectivity index (χ2v) is 16.7. The number of hydrogen-bond acceptors (Lipinski definition) is 14. The topological polar surface area (TPSA) is 247 Å². The standard InChI is InChI=1S/C53H59N9O8/c1-5-41-42(31-59-50(55)48(41)34-10-14-40(63)15-11-34)37-12-18-45(58-29-37)60-47(64)19-24-69-25-26-70-32-39(54)30-56-22-23-57-51(65)36-8-6-7-35(27-36)49-33(2)9-17-46(61-49)62-52(66)53(20-21-53)38-13-16-43(67-3)44(28-38)68-4/h6-18,27-31,56,63H,5,19-26,32,54H2,1-4H3,(H2,55,59)(H,57,65)(H,58,60,64)(H,61,62,66)/b39-30-. The van der Waals surface area contributed by atoms with Crippen molar-refractivity contribution >= 4 is 35.2 Å². The Kier molecular flexibility index (Phi) is 16.6. The fourth-order valence-corrected chi connectivity index (χ4v) is 7.97. The van der Waals surface area contributed by atoms with E-state index < -0.39 is 5.41 Å². The van der Waals surface area contributed by atoms with Crippen LogP contribution in [-0.2, 0) is 30.9 Å². The van der Waals surface area contributed by atoms with E-state index in [0.717, 1.165) is 44.5 Å². The molecule has 9 N–H and O–H groups in total. The van der Waals surface area contributed by atoms with Crippen LogP contribution < -0.4 is 42.2 Å². The second kappa shape index (κ2) is 23.3. The number of amides is 3. The van der Waals surface area contributed by atoms with E-state index in [2.05, 4.69) is 31.2 Å². The normalized spacial score (nSPS) is 12.7. The van der Waals surface area contributed by atoms with Gasteiger partial charge in [-0.25, -0.2) is 15.0 Å². The van der Waals surface area contributed by atoms with Crippen LogP contribution >= 0.6 is 0 Å². The van der Waals surface area contributed by atoms with Crippen LogP contribution in [0.1, 0.15) is 53.2 Å². The van der Waals surface area contributed by atoms with Crippen molar-refractivity contribution in [2.75, 3.05) is 70.1 Å². The van der Waals surface area contributed by atoms with Gasteiger partial charge in [0.1, 0.15) is 23.2 Å². The first kappa shape index (κ1) is 49.9. The number of methoxy groups -OCH3 is 2. The van der Waals surface area contributed by atoms with Crippen molar-refractivity contribution in [2.24, 2.45) is 5.73 Å². The van der Waals surface area contributed by atoms with Crippen LogP contribution in [0.4, 0.5) is 17.5 Å². The van der Waals surface area contributed by atoms with E-state index >= 15 is 0 Å². The molecule has 1 fully saturated rings. The van der Waals surface area contributed by atoms with Gasteiger partial charge in [-0.3, -0.25) is 14.4 Å². The minimum atomic E-state index is -0.672. The van der Waals surface area contributed by atoms with Gasteiger partial charge in [0, 0.05) is 59.5 Å². The summed E-state index contributed by atoms with van der Waals surface area (Å²) in [6, 6.07) is 26.9. The molecule has 3 heterocycles. The number of nitrogens with two attached hydrogens (primary N) is 2. The third-order valence-corrected chi connectivity index (χ3v) is 11.9. The maximum absolute atomic E-state index is 13.6. The summed E-state index contributed by atoms with van der Waals surface area (Å²) in [7, 11) is 3.15. The third-order valence-electron chi connectivity index (χ3n) is 11.9. The number of carbonyl (C=O) groups is 3. The van der Waals surface area contributed by atoms with Gasteiger partial charge in [-0.1, -0.05) is 43.3 Å². The fourth-order valence-electron chi connectivity index (χ4n) is 7.97. The number of nitrogen functional groups attached to an aromatic ring is 1. The molecule has 0 atom stereocenters. The Morgan fingerprint density at radius 1 is 0.800 bits per heavy atom. The van der Waals surface area contributed by atoms with E-state index in [1.165, 1.54) is 0 Å². The highest BCUT2D eigenvalue weighted by Crippen LogP contribution is 2.50. The van der Waals surface area contributed by atoms with Crippen molar-refractivity contribution in [3.05, 3.63) is 138 Å². The Morgan fingerprint density at radius 3 is 2.29 bits per heavy atom. The molecule has 0 saturated heterocycles. The highest BCUT2D eigenvalue weighted by atomic mass is 16.5. The van der Waals surface area contributed by atoms with E-state index in [4.69, 9.17) is 35.4 Å². The molecule has 0 unspecified atom stereocenters. The smallest absolute Gasteiger partial charge is 0.251 e. The van der Waals surface area contributed by atoms with Crippen molar-refractivity contribution in [2.45, 2.75) is 44.9 Å². The van der Waals surface area contributed by atoms with Gasteiger partial charge < -0.3 is 56.8 Å². The van der Waals surface area contributed by atoms with Gasteiger partial charge in [0.25, 0.3) is 5.91 Å². The van der Waals surface area contributed by atoms with Crippen LogP contribution in [0, 0.1) is 6.92 Å². The number of aryl methyl sites for hydroxylation is 1. The number of pyridine rings is 3. The Balaban J connectivity index is 0.779. The van der Waals surface area contributed by atoms with Crippen molar-refractivity contribution in [3.63, 3.8) is 0 Å². The zero-order chi connectivity index (χ0) is 49.6. The molecule has 70 heavy (non-hydrogen) atoms. The van der Waals surface area contributed by atoms with Crippen molar-refractivity contribution in [3.8, 4) is 50.8 Å². The molecule has 0 bridgehead atoms. The molecule has 3 amide bonds. The van der Waals surface area contributed by atoms with E-state index in [9.17, 15) is 19.5 Å². The minimum absolute atomic E-state index is 0.131. The number of ether oxygens (including phenoxy) is 4. The van der Waals surface area contributed by atoms with Crippen molar-refractivity contribution in [1.82, 2.24) is 25.6 Å². The molecule has 3 aromatic carbocycles. The number of nitrogens with zero attached hydrogens (tertiary/aromatic N) is 3. The summed E-state index contributed by atoms with van der Waals surface area (Å²) in [6.07, 6.45) is 7.27. The van der Waals surface area contributed by atoms with E-state index in [0.29, 0.717) is 78.3 Å². The molecule has 1 aliphatic rings. The van der Waals surface area contributed by atoms with E-state index in [-0.39, 0.29) is 56.3 Å². The number of benzene rings is 3. The number of rotatable bonds is 23. The Morgan fingerprint density at radius 2 is 1.56 bits per heavy atom. The zero-order valence-corrected chi connectivity index (χ0v) is 39.8. The summed E-state index contributed by atoms with van der Waals surface area (Å²) < 4.78 is 22.0. The average molecular weight is 950 g/mol. The highest BCUT2D eigenvalue weighted by Gasteiger charge is 2.51. The Bertz CT molecular complexity index is 2830. The molecular weight excluding hydrogens is 891 g/mol. The number of phenols is 1. The fraction of sp³-hybridized carbons (Fsp3) is 0.283. The van der Waals surface area contributed by atoms with Gasteiger partial charge in [-0.2, -0.15) is 0 Å². The number of hydrogen-bond donors (Lipinski definition) is 7. The number of phenolic OH excluding ortho intramolecular Hbond substituents is 1. The van der Waals surface area contributed by atoms with Crippen LogP contribution in [0.2, 0.25) is 0 Å². The lowest BCUT2D eigenvalue weighted by Crippen LogP contribution is -2.30. The summed E-state index contributed by atoms with van der Waals surface area (Å²) in [5, 5.41) is 21.6. The Hall–Kier alpha value is -8.02. The molecular formula is C53H59N9O8. The molecule has 17 heteroatoms. The summed E-state index contributed by atoms with van der Waals surface area (Å²) in [5.74, 6) is 1.93. The maximum atomic E-state index is 13.6. The number of aromatic nitrogens is 3. The number of carbonyl (C=O) groups excluding carboxylic acids is 3. The molecule has 7 rings (SSSR count). The highest BCUT2D eigenvalue weighted by molar-refractivity contribution is 6.01. The number of anilines is 3. The van der Waals surface area contributed by atoms with Crippen LogP contribution in [-0.4, -0.2) is 91.5 Å². The molecule has 6 aromatic rings. The largest absolute Gasteiger partial charge is 0.508 e. The lowest BCUT2D eigenvalue weighted by molar-refractivity contribution is -0.119. The van der Waals surface area contributed by atoms with E-state index in [1.54, 1.807) is 75.3 Å². The van der Waals surface area contributed by atoms with Crippen LogP contribution in [0.25, 0.3) is 33.5 Å². The zero-order valence-electron chi connectivity index (χ0n) is 39.8. The van der Waals surface area contributed by atoms with Crippen LogP contribution in [0.15, 0.2) is 115 Å². The summed E-state index contributed by atoms with van der Waals surface area (Å²) in [5.41, 5.74) is 20.1. The molecule has 1 saturated carbocycles. The lowest BCUT2D eigenvalue weighted by atomic mass is 9.92. The van der Waals surface area contributed by atoms with Gasteiger partial charge in [0.15, 0.2) is 11.5 Å². The van der Waals surface area contributed by atoms with Crippen LogP contribution in [0.3, 0.4) is 0 Å². The lowest BCUT2D eigenvalue weighted by Gasteiger charge is -2.18. The number of nitrogens with one attached hydrogen (secondary N) is 4.